The summed E-state index contributed by atoms with van der Waals surface area (Å²) >= 11 is 0. The van der Waals surface area contributed by atoms with Crippen molar-refractivity contribution in [2.24, 2.45) is 0 Å². The van der Waals surface area contributed by atoms with E-state index in [1.54, 1.807) is 19.1 Å². The van der Waals surface area contributed by atoms with Gasteiger partial charge in [0.15, 0.2) is 0 Å². The third kappa shape index (κ3) is 5.49. The highest BCUT2D eigenvalue weighted by Gasteiger charge is 2.09. The first kappa shape index (κ1) is 18.3. The summed E-state index contributed by atoms with van der Waals surface area (Å²) in [5.74, 6) is -0.239. The molecule has 2 rings (SSSR count). The zero-order chi connectivity index (χ0) is 18.2. The molecule has 132 valence electrons. The number of nitrogens with one attached hydrogen (secondary N) is 2. The van der Waals surface area contributed by atoms with Crippen molar-refractivity contribution in [1.82, 2.24) is 10.3 Å². The van der Waals surface area contributed by atoms with Crippen LogP contribution >= 0.6 is 0 Å². The Labute approximate surface area is 147 Å². The summed E-state index contributed by atoms with van der Waals surface area (Å²) in [5.41, 5.74) is 2.80. The van der Waals surface area contributed by atoms with E-state index in [-0.39, 0.29) is 12.5 Å². The van der Waals surface area contributed by atoms with Gasteiger partial charge in [-0.25, -0.2) is 4.79 Å². The number of hydrogen-bond acceptors (Lipinski definition) is 5. The van der Waals surface area contributed by atoms with E-state index < -0.39 is 6.09 Å². The maximum Gasteiger partial charge on any atom is 0.407 e. The molecule has 1 heterocycles. The standard InChI is InChI=1S/C18H22N4O3/c1-4-25-18(24)20-12-15-11-13(9-10-19-15)17(23)21-14-5-7-16(8-6-14)22(2)3/h5-11H,4,12H2,1-3H3,(H,20,24)(H,21,23). The van der Waals surface area contributed by atoms with Crippen molar-refractivity contribution in [3.8, 4) is 0 Å². The molecule has 2 amide bonds. The van der Waals surface area contributed by atoms with Crippen molar-refractivity contribution < 1.29 is 14.3 Å². The average molecular weight is 342 g/mol. The Morgan fingerprint density at radius 3 is 2.52 bits per heavy atom. The Hall–Kier alpha value is -3.09. The number of alkyl carbamates (subject to hydrolysis) is 1. The fraction of sp³-hybridized carbons (Fsp3) is 0.278. The zero-order valence-corrected chi connectivity index (χ0v) is 14.6. The van der Waals surface area contributed by atoms with Gasteiger partial charge in [0.05, 0.1) is 18.8 Å². The molecule has 0 aliphatic rings. The number of ether oxygens (including phenoxy) is 1. The van der Waals surface area contributed by atoms with Gasteiger partial charge in [0.25, 0.3) is 5.91 Å². The monoisotopic (exact) mass is 342 g/mol. The van der Waals surface area contributed by atoms with Crippen LogP contribution in [-0.4, -0.2) is 37.7 Å². The number of carbonyl (C=O) groups is 2. The zero-order valence-electron chi connectivity index (χ0n) is 14.6. The molecule has 2 aromatic rings. The van der Waals surface area contributed by atoms with Crippen LogP contribution in [0.3, 0.4) is 0 Å². The fourth-order valence-corrected chi connectivity index (χ4v) is 2.11. The first-order valence-corrected chi connectivity index (χ1v) is 7.94. The van der Waals surface area contributed by atoms with Crippen molar-refractivity contribution in [2.75, 3.05) is 30.9 Å². The molecular formula is C18H22N4O3. The number of anilines is 2. The molecule has 0 radical (unpaired) electrons. The largest absolute Gasteiger partial charge is 0.450 e. The predicted molar refractivity (Wildman–Crippen MR) is 96.8 cm³/mol. The number of carbonyl (C=O) groups excluding carboxylic acids is 2. The van der Waals surface area contributed by atoms with E-state index >= 15 is 0 Å². The molecule has 0 aliphatic carbocycles. The SMILES string of the molecule is CCOC(=O)NCc1cc(C(=O)Nc2ccc(N(C)C)cc2)ccn1. The second kappa shape index (κ2) is 8.68. The number of aromatic nitrogens is 1. The Morgan fingerprint density at radius 2 is 1.88 bits per heavy atom. The molecule has 0 bridgehead atoms. The van der Waals surface area contributed by atoms with Crippen LogP contribution in [0.1, 0.15) is 23.0 Å². The van der Waals surface area contributed by atoms with E-state index in [4.69, 9.17) is 4.74 Å². The summed E-state index contributed by atoms with van der Waals surface area (Å²) in [5, 5.41) is 5.41. The summed E-state index contributed by atoms with van der Waals surface area (Å²) in [6.07, 6.45) is 1.02. The van der Waals surface area contributed by atoms with E-state index in [1.807, 2.05) is 43.3 Å². The number of amides is 2. The molecule has 0 unspecified atom stereocenters. The Balaban J connectivity index is 1.99. The average Bonchev–Trinajstić information content (AvgIpc) is 2.61. The third-order valence-corrected chi connectivity index (χ3v) is 3.41. The van der Waals surface area contributed by atoms with E-state index in [0.717, 1.165) is 5.69 Å². The molecule has 0 aliphatic heterocycles. The fourth-order valence-electron chi connectivity index (χ4n) is 2.11. The van der Waals surface area contributed by atoms with Crippen LogP contribution in [0.25, 0.3) is 0 Å². The van der Waals surface area contributed by atoms with Gasteiger partial charge in [0.1, 0.15) is 0 Å². The van der Waals surface area contributed by atoms with Gasteiger partial charge in [-0.2, -0.15) is 0 Å². The van der Waals surface area contributed by atoms with Gasteiger partial charge in [-0.1, -0.05) is 0 Å². The van der Waals surface area contributed by atoms with E-state index in [1.165, 1.54) is 6.20 Å². The summed E-state index contributed by atoms with van der Waals surface area (Å²) in [6, 6.07) is 10.8. The molecule has 7 heteroatoms. The normalized spacial score (nSPS) is 10.0. The molecule has 2 N–H and O–H groups in total. The lowest BCUT2D eigenvalue weighted by atomic mass is 10.2. The van der Waals surface area contributed by atoms with E-state index in [0.29, 0.717) is 23.6 Å². The van der Waals surface area contributed by atoms with Gasteiger partial charge in [-0.05, 0) is 43.3 Å². The van der Waals surface area contributed by atoms with Crippen molar-refractivity contribution >= 4 is 23.4 Å². The number of hydrogen-bond donors (Lipinski definition) is 2. The molecule has 0 atom stereocenters. The maximum absolute atomic E-state index is 12.4. The molecule has 0 saturated carbocycles. The lowest BCUT2D eigenvalue weighted by molar-refractivity contribution is 0.102. The lowest BCUT2D eigenvalue weighted by Gasteiger charge is -2.13. The van der Waals surface area contributed by atoms with Crippen LogP contribution in [-0.2, 0) is 11.3 Å². The van der Waals surface area contributed by atoms with Gasteiger partial charge in [-0.3, -0.25) is 9.78 Å². The van der Waals surface area contributed by atoms with Gasteiger partial charge >= 0.3 is 6.09 Å². The molecule has 0 spiro atoms. The molecule has 0 saturated heterocycles. The summed E-state index contributed by atoms with van der Waals surface area (Å²) in [7, 11) is 3.91. The van der Waals surface area contributed by atoms with Crippen LogP contribution in [0.5, 0.6) is 0 Å². The van der Waals surface area contributed by atoms with E-state index in [9.17, 15) is 9.59 Å². The van der Waals surface area contributed by atoms with Crippen molar-refractivity contribution in [3.63, 3.8) is 0 Å². The second-order valence-electron chi connectivity index (χ2n) is 5.51. The van der Waals surface area contributed by atoms with Gasteiger partial charge in [0.2, 0.25) is 0 Å². The molecule has 7 nitrogen and oxygen atoms in total. The summed E-state index contributed by atoms with van der Waals surface area (Å²) in [4.78, 5) is 29.8. The number of nitrogens with zero attached hydrogens (tertiary/aromatic N) is 2. The Bertz CT molecular complexity index is 729. The number of benzene rings is 1. The van der Waals surface area contributed by atoms with Crippen molar-refractivity contribution in [3.05, 3.63) is 53.9 Å². The van der Waals surface area contributed by atoms with Gasteiger partial charge < -0.3 is 20.3 Å². The van der Waals surface area contributed by atoms with E-state index in [2.05, 4.69) is 15.6 Å². The summed E-state index contributed by atoms with van der Waals surface area (Å²) in [6.45, 7) is 2.22. The summed E-state index contributed by atoms with van der Waals surface area (Å²) < 4.78 is 4.79. The Kier molecular flexibility index (Phi) is 6.33. The third-order valence-electron chi connectivity index (χ3n) is 3.41. The van der Waals surface area contributed by atoms with Crippen molar-refractivity contribution in [2.45, 2.75) is 13.5 Å². The van der Waals surface area contributed by atoms with Crippen LogP contribution in [0.2, 0.25) is 0 Å². The first-order chi connectivity index (χ1) is 12.0. The predicted octanol–water partition coefficient (Wildman–Crippen LogP) is 2.65. The minimum Gasteiger partial charge on any atom is -0.450 e. The molecule has 0 fully saturated rings. The van der Waals surface area contributed by atoms with Crippen LogP contribution in [0.15, 0.2) is 42.6 Å². The Morgan fingerprint density at radius 1 is 1.16 bits per heavy atom. The van der Waals surface area contributed by atoms with Gasteiger partial charge in [0, 0.05) is 37.2 Å². The molecule has 25 heavy (non-hydrogen) atoms. The maximum atomic E-state index is 12.4. The highest BCUT2D eigenvalue weighted by molar-refractivity contribution is 6.04. The lowest BCUT2D eigenvalue weighted by Crippen LogP contribution is -2.24. The highest BCUT2D eigenvalue weighted by atomic mass is 16.5. The minimum atomic E-state index is -0.514. The van der Waals surface area contributed by atoms with Crippen LogP contribution in [0.4, 0.5) is 16.2 Å². The minimum absolute atomic E-state index is 0.192. The molecule has 1 aromatic heterocycles. The number of pyridine rings is 1. The quantitative estimate of drug-likeness (QED) is 0.843. The van der Waals surface area contributed by atoms with Gasteiger partial charge in [-0.15, -0.1) is 0 Å². The van der Waals surface area contributed by atoms with Crippen LogP contribution < -0.4 is 15.5 Å². The molecule has 1 aromatic carbocycles. The van der Waals surface area contributed by atoms with Crippen LogP contribution in [0, 0.1) is 0 Å². The molecular weight excluding hydrogens is 320 g/mol. The second-order valence-corrected chi connectivity index (χ2v) is 5.51. The van der Waals surface area contributed by atoms with Crippen molar-refractivity contribution in [1.29, 1.82) is 0 Å². The first-order valence-electron chi connectivity index (χ1n) is 7.94. The highest BCUT2D eigenvalue weighted by Crippen LogP contribution is 2.16. The topological polar surface area (TPSA) is 83.6 Å². The number of rotatable bonds is 6. The smallest absolute Gasteiger partial charge is 0.407 e.